The molecule has 152 valence electrons. The molecule has 0 spiro atoms. The van der Waals surface area contributed by atoms with Crippen molar-refractivity contribution in [3.63, 3.8) is 0 Å². The van der Waals surface area contributed by atoms with Gasteiger partial charge in [-0.15, -0.1) is 0 Å². The van der Waals surface area contributed by atoms with E-state index in [9.17, 15) is 14.0 Å². The third-order valence-electron chi connectivity index (χ3n) is 5.79. The van der Waals surface area contributed by atoms with E-state index >= 15 is 0 Å². The van der Waals surface area contributed by atoms with Gasteiger partial charge in [-0.2, -0.15) is 0 Å². The number of halogens is 2. The van der Waals surface area contributed by atoms with Crippen LogP contribution in [0.25, 0.3) is 11.1 Å². The lowest BCUT2D eigenvalue weighted by Crippen LogP contribution is -2.34. The quantitative estimate of drug-likeness (QED) is 0.723. The molecule has 2 aliphatic rings. The van der Waals surface area contributed by atoms with Gasteiger partial charge in [0.25, 0.3) is 5.91 Å². The van der Waals surface area contributed by atoms with E-state index in [2.05, 4.69) is 0 Å². The van der Waals surface area contributed by atoms with Crippen molar-refractivity contribution in [2.75, 3.05) is 26.7 Å². The fraction of sp³-hybridized carbons (Fsp3) is 0.391. The Hall–Kier alpha value is -2.40. The van der Waals surface area contributed by atoms with Gasteiger partial charge in [-0.3, -0.25) is 9.59 Å². The molecule has 2 fully saturated rings. The molecule has 2 aromatic rings. The minimum Gasteiger partial charge on any atom is -0.342 e. The summed E-state index contributed by atoms with van der Waals surface area (Å²) in [5.41, 5.74) is 2.28. The topological polar surface area (TPSA) is 40.6 Å². The van der Waals surface area contributed by atoms with Crippen LogP contribution in [0.1, 0.15) is 29.6 Å². The van der Waals surface area contributed by atoms with Crippen LogP contribution in [0.4, 0.5) is 4.39 Å². The first-order valence-corrected chi connectivity index (χ1v) is 10.4. The van der Waals surface area contributed by atoms with Crippen molar-refractivity contribution in [2.45, 2.75) is 19.3 Å². The van der Waals surface area contributed by atoms with Crippen LogP contribution in [-0.2, 0) is 4.79 Å². The van der Waals surface area contributed by atoms with Gasteiger partial charge in [0.2, 0.25) is 5.91 Å². The first kappa shape index (κ1) is 19.9. The van der Waals surface area contributed by atoms with Gasteiger partial charge in [-0.05, 0) is 60.6 Å². The molecule has 4 nitrogen and oxygen atoms in total. The Labute approximate surface area is 175 Å². The molecule has 4 rings (SSSR count). The normalized spacial score (nSPS) is 18.7. The highest BCUT2D eigenvalue weighted by molar-refractivity contribution is 6.31. The number of likely N-dealkylation sites (tertiary alicyclic amines) is 1. The number of amides is 2. The molecule has 0 radical (unpaired) electrons. The van der Waals surface area contributed by atoms with Crippen molar-refractivity contribution in [3.05, 3.63) is 58.9 Å². The zero-order chi connectivity index (χ0) is 20.5. The summed E-state index contributed by atoms with van der Waals surface area (Å²) in [6.45, 7) is 2.19. The molecule has 2 amide bonds. The summed E-state index contributed by atoms with van der Waals surface area (Å²) in [5.74, 6) is 0.377. The molecule has 0 aromatic heterocycles. The van der Waals surface area contributed by atoms with E-state index in [-0.39, 0.29) is 22.8 Å². The third-order valence-corrected chi connectivity index (χ3v) is 6.08. The van der Waals surface area contributed by atoms with Crippen molar-refractivity contribution in [1.29, 1.82) is 0 Å². The summed E-state index contributed by atoms with van der Waals surface area (Å²) < 4.78 is 13.3. The van der Waals surface area contributed by atoms with Crippen LogP contribution in [0.5, 0.6) is 0 Å². The molecule has 29 heavy (non-hydrogen) atoms. The molecule has 1 atom stereocenters. The molecule has 1 aliphatic carbocycles. The minimum atomic E-state index is -0.451. The van der Waals surface area contributed by atoms with Crippen LogP contribution in [-0.4, -0.2) is 48.3 Å². The Morgan fingerprint density at radius 2 is 1.79 bits per heavy atom. The van der Waals surface area contributed by atoms with Gasteiger partial charge in [0.05, 0.1) is 5.02 Å². The first-order chi connectivity index (χ1) is 13.9. The molecule has 0 bridgehead atoms. The van der Waals surface area contributed by atoms with Crippen molar-refractivity contribution in [2.24, 2.45) is 11.8 Å². The van der Waals surface area contributed by atoms with Gasteiger partial charge in [-0.1, -0.05) is 29.8 Å². The predicted octanol–water partition coefficient (Wildman–Crippen LogP) is 4.48. The number of nitrogens with zero attached hydrogens (tertiary/aromatic N) is 2. The monoisotopic (exact) mass is 414 g/mol. The van der Waals surface area contributed by atoms with Crippen molar-refractivity contribution >= 4 is 23.4 Å². The Morgan fingerprint density at radius 3 is 2.45 bits per heavy atom. The molecule has 0 N–H and O–H groups in total. The van der Waals surface area contributed by atoms with Crippen LogP contribution < -0.4 is 0 Å². The van der Waals surface area contributed by atoms with E-state index in [0.717, 1.165) is 43.5 Å². The Bertz CT molecular complexity index is 927. The van der Waals surface area contributed by atoms with E-state index in [0.29, 0.717) is 18.0 Å². The lowest BCUT2D eigenvalue weighted by molar-refractivity contribution is -0.131. The number of benzene rings is 2. The fourth-order valence-corrected chi connectivity index (χ4v) is 4.12. The van der Waals surface area contributed by atoms with E-state index in [4.69, 9.17) is 11.6 Å². The number of carbonyl (C=O) groups excluding carboxylic acids is 2. The lowest BCUT2D eigenvalue weighted by atomic mass is 10.0. The molecule has 0 unspecified atom stereocenters. The van der Waals surface area contributed by atoms with E-state index in [1.165, 1.54) is 6.07 Å². The second kappa shape index (κ2) is 8.15. The number of rotatable bonds is 5. The molecule has 1 heterocycles. The van der Waals surface area contributed by atoms with Gasteiger partial charge in [0.1, 0.15) is 5.82 Å². The zero-order valence-corrected chi connectivity index (χ0v) is 17.2. The number of hydrogen-bond donors (Lipinski definition) is 0. The summed E-state index contributed by atoms with van der Waals surface area (Å²) in [6, 6.07) is 11.8. The summed E-state index contributed by atoms with van der Waals surface area (Å²) in [4.78, 5) is 28.7. The third kappa shape index (κ3) is 4.45. The van der Waals surface area contributed by atoms with Crippen LogP contribution in [0, 0.1) is 17.7 Å². The smallest absolute Gasteiger partial charge is 0.253 e. The summed E-state index contributed by atoms with van der Waals surface area (Å²) in [6.07, 6.45) is 3.00. The predicted molar refractivity (Wildman–Crippen MR) is 111 cm³/mol. The second-order valence-corrected chi connectivity index (χ2v) is 8.51. The average Bonchev–Trinajstić information content (AvgIpc) is 3.48. The highest BCUT2D eigenvalue weighted by Gasteiger charge is 2.36. The van der Waals surface area contributed by atoms with Crippen LogP contribution >= 0.6 is 11.6 Å². The Balaban J connectivity index is 1.36. The van der Waals surface area contributed by atoms with Crippen LogP contribution in [0.15, 0.2) is 42.5 Å². The highest BCUT2D eigenvalue weighted by atomic mass is 35.5. The van der Waals surface area contributed by atoms with Gasteiger partial charge < -0.3 is 9.80 Å². The number of hydrogen-bond acceptors (Lipinski definition) is 2. The highest BCUT2D eigenvalue weighted by Crippen LogP contribution is 2.33. The maximum absolute atomic E-state index is 13.3. The van der Waals surface area contributed by atoms with Gasteiger partial charge in [0.15, 0.2) is 0 Å². The number of carbonyl (C=O) groups is 2. The average molecular weight is 415 g/mol. The molecular weight excluding hydrogens is 391 g/mol. The summed E-state index contributed by atoms with van der Waals surface area (Å²) in [7, 11) is 1.81. The minimum absolute atomic E-state index is 0.0411. The molecular formula is C23H24ClFN2O2. The molecule has 6 heteroatoms. The maximum atomic E-state index is 13.3. The largest absolute Gasteiger partial charge is 0.342 e. The second-order valence-electron chi connectivity index (χ2n) is 8.11. The lowest BCUT2D eigenvalue weighted by Gasteiger charge is -2.22. The maximum Gasteiger partial charge on any atom is 0.253 e. The fourth-order valence-electron chi connectivity index (χ4n) is 3.94. The molecule has 1 aliphatic heterocycles. The first-order valence-electron chi connectivity index (χ1n) is 10.0. The summed E-state index contributed by atoms with van der Waals surface area (Å²) in [5, 5.41) is 0.0770. The molecule has 2 aromatic carbocycles. The molecule has 1 saturated carbocycles. The van der Waals surface area contributed by atoms with E-state index < -0.39 is 5.82 Å². The van der Waals surface area contributed by atoms with Crippen molar-refractivity contribution in [1.82, 2.24) is 9.80 Å². The SMILES string of the molecule is CN(C[C@@H]1CCN(C(=O)C2CC2)C1)C(=O)c1ccc(-c2ccc(F)c(Cl)c2)cc1. The zero-order valence-electron chi connectivity index (χ0n) is 16.4. The van der Waals surface area contributed by atoms with Gasteiger partial charge >= 0.3 is 0 Å². The van der Waals surface area contributed by atoms with Crippen molar-refractivity contribution in [3.8, 4) is 11.1 Å². The Morgan fingerprint density at radius 1 is 1.10 bits per heavy atom. The van der Waals surface area contributed by atoms with E-state index in [1.54, 1.807) is 36.2 Å². The van der Waals surface area contributed by atoms with E-state index in [1.807, 2.05) is 17.0 Å². The Kier molecular flexibility index (Phi) is 5.59. The van der Waals surface area contributed by atoms with Crippen LogP contribution in [0.3, 0.4) is 0 Å². The van der Waals surface area contributed by atoms with Crippen molar-refractivity contribution < 1.29 is 14.0 Å². The van der Waals surface area contributed by atoms with Gasteiger partial charge in [-0.25, -0.2) is 4.39 Å². The standard InChI is InChI=1S/C23H24ClFN2O2/c1-26(13-15-10-11-27(14-15)23(29)18-6-7-18)22(28)17-4-2-16(3-5-17)19-8-9-21(25)20(24)12-19/h2-5,8-9,12,15,18H,6-7,10-11,13-14H2,1H3/t15-/m0/s1. The van der Waals surface area contributed by atoms with Gasteiger partial charge in [0, 0.05) is 38.2 Å². The molecule has 1 saturated heterocycles. The summed E-state index contributed by atoms with van der Waals surface area (Å²) >= 11 is 5.86. The van der Waals surface area contributed by atoms with Crippen LogP contribution in [0.2, 0.25) is 5.02 Å².